The van der Waals surface area contributed by atoms with Crippen LogP contribution in [0.15, 0.2) is 0 Å². The molecule has 0 rings (SSSR count). The van der Waals surface area contributed by atoms with Crippen LogP contribution in [0.5, 0.6) is 0 Å². The molecule has 12 heavy (non-hydrogen) atoms. The molecule has 1 nitrogen and oxygen atoms in total. The van der Waals surface area contributed by atoms with Crippen LogP contribution in [0.25, 0.3) is 0 Å². The first-order chi connectivity index (χ1) is 5.63. The second kappa shape index (κ2) is 6.41. The lowest BCUT2D eigenvalue weighted by Crippen LogP contribution is -2.36. The molecule has 2 unspecified atom stereocenters. The molecule has 0 saturated carbocycles. The summed E-state index contributed by atoms with van der Waals surface area (Å²) in [4.78, 5) is 2.00. The van der Waals surface area contributed by atoms with Crippen LogP contribution >= 0.6 is 0 Å². The third-order valence-corrected chi connectivity index (χ3v) is 2.23. The summed E-state index contributed by atoms with van der Waals surface area (Å²) in [5, 5.41) is 0. The minimum absolute atomic E-state index is 0.120. The fraction of sp³-hybridized carbons (Fsp3) is 1.00. The monoisotopic (exact) mass is 175 g/mol. The van der Waals surface area contributed by atoms with Crippen molar-refractivity contribution < 1.29 is 4.39 Å². The Kier molecular flexibility index (Phi) is 6.35. The zero-order valence-electron chi connectivity index (χ0n) is 8.81. The Hall–Kier alpha value is -0.110. The zero-order chi connectivity index (χ0) is 9.56. The van der Waals surface area contributed by atoms with E-state index in [1.165, 1.54) is 0 Å². The molecule has 0 heterocycles. The van der Waals surface area contributed by atoms with Crippen LogP contribution in [0.2, 0.25) is 0 Å². The highest BCUT2D eigenvalue weighted by Gasteiger charge is 2.20. The summed E-state index contributed by atoms with van der Waals surface area (Å²) in [6, 6.07) is 0.120. The largest absolute Gasteiger partial charge is 0.304 e. The average molecular weight is 175 g/mol. The molecule has 0 aromatic carbocycles. The van der Waals surface area contributed by atoms with E-state index in [1.807, 2.05) is 25.9 Å². The normalized spacial score (nSPS) is 16.5. The SMILES string of the molecule is CCCC(F)C(CCC)N(C)C. The highest BCUT2D eigenvalue weighted by molar-refractivity contribution is 4.74. The van der Waals surface area contributed by atoms with Crippen LogP contribution in [-0.2, 0) is 0 Å². The van der Waals surface area contributed by atoms with Crippen molar-refractivity contribution in [3.8, 4) is 0 Å². The minimum atomic E-state index is -0.648. The van der Waals surface area contributed by atoms with Crippen LogP contribution < -0.4 is 0 Å². The van der Waals surface area contributed by atoms with Crippen molar-refractivity contribution in [3.05, 3.63) is 0 Å². The van der Waals surface area contributed by atoms with Gasteiger partial charge in [-0.1, -0.05) is 26.7 Å². The van der Waals surface area contributed by atoms with Gasteiger partial charge in [-0.3, -0.25) is 0 Å². The molecule has 74 valence electrons. The Morgan fingerprint density at radius 1 is 1.08 bits per heavy atom. The predicted octanol–water partition coefficient (Wildman–Crippen LogP) is 2.85. The summed E-state index contributed by atoms with van der Waals surface area (Å²) in [5.74, 6) is 0. The molecular formula is C10H22FN. The molecule has 0 N–H and O–H groups in total. The molecule has 0 aromatic rings. The third-order valence-electron chi connectivity index (χ3n) is 2.23. The van der Waals surface area contributed by atoms with Crippen LogP contribution in [-0.4, -0.2) is 31.2 Å². The van der Waals surface area contributed by atoms with Crippen molar-refractivity contribution in [2.75, 3.05) is 14.1 Å². The van der Waals surface area contributed by atoms with Gasteiger partial charge in [-0.05, 0) is 26.9 Å². The smallest absolute Gasteiger partial charge is 0.116 e. The molecule has 2 atom stereocenters. The average Bonchev–Trinajstić information content (AvgIpc) is 1.99. The maximum Gasteiger partial charge on any atom is 0.116 e. The Morgan fingerprint density at radius 3 is 1.92 bits per heavy atom. The Morgan fingerprint density at radius 2 is 1.58 bits per heavy atom. The van der Waals surface area contributed by atoms with E-state index in [-0.39, 0.29) is 6.04 Å². The molecule has 0 aliphatic heterocycles. The van der Waals surface area contributed by atoms with Gasteiger partial charge in [0.2, 0.25) is 0 Å². The maximum absolute atomic E-state index is 13.5. The molecule has 0 aliphatic rings. The van der Waals surface area contributed by atoms with Gasteiger partial charge in [0.15, 0.2) is 0 Å². The first kappa shape index (κ1) is 11.9. The summed E-state index contributed by atoms with van der Waals surface area (Å²) in [7, 11) is 3.92. The lowest BCUT2D eigenvalue weighted by Gasteiger charge is -2.27. The third kappa shape index (κ3) is 4.05. The van der Waals surface area contributed by atoms with E-state index < -0.39 is 6.17 Å². The van der Waals surface area contributed by atoms with Crippen molar-refractivity contribution in [3.63, 3.8) is 0 Å². The van der Waals surface area contributed by atoms with Gasteiger partial charge in [-0.15, -0.1) is 0 Å². The summed E-state index contributed by atoms with van der Waals surface area (Å²) < 4.78 is 13.5. The van der Waals surface area contributed by atoms with Gasteiger partial charge in [0.1, 0.15) is 6.17 Å². The van der Waals surface area contributed by atoms with Gasteiger partial charge < -0.3 is 4.90 Å². The number of alkyl halides is 1. The summed E-state index contributed by atoms with van der Waals surface area (Å²) >= 11 is 0. The Bertz CT molecular complexity index is 104. The van der Waals surface area contributed by atoms with Crippen molar-refractivity contribution in [2.45, 2.75) is 51.7 Å². The highest BCUT2D eigenvalue weighted by atomic mass is 19.1. The van der Waals surface area contributed by atoms with Crippen LogP contribution in [0, 0.1) is 0 Å². The van der Waals surface area contributed by atoms with E-state index >= 15 is 0 Å². The highest BCUT2D eigenvalue weighted by Crippen LogP contribution is 2.15. The number of hydrogen-bond acceptors (Lipinski definition) is 1. The topological polar surface area (TPSA) is 3.24 Å². The van der Waals surface area contributed by atoms with E-state index in [1.54, 1.807) is 0 Å². The van der Waals surface area contributed by atoms with Crippen LogP contribution in [0.3, 0.4) is 0 Å². The molecule has 0 amide bonds. The number of rotatable bonds is 6. The number of nitrogens with zero attached hydrogens (tertiary/aromatic N) is 1. The molecule has 2 heteroatoms. The first-order valence-corrected chi connectivity index (χ1v) is 4.93. The van der Waals surface area contributed by atoms with E-state index in [0.717, 1.165) is 19.3 Å². The van der Waals surface area contributed by atoms with E-state index in [2.05, 4.69) is 6.92 Å². The summed E-state index contributed by atoms with van der Waals surface area (Å²) in [6.45, 7) is 4.14. The molecular weight excluding hydrogens is 153 g/mol. The van der Waals surface area contributed by atoms with Gasteiger partial charge in [-0.25, -0.2) is 4.39 Å². The number of halogens is 1. The van der Waals surface area contributed by atoms with Crippen molar-refractivity contribution in [1.29, 1.82) is 0 Å². The standard InChI is InChI=1S/C10H22FN/c1-5-7-9(11)10(8-6-2)12(3)4/h9-10H,5-8H2,1-4H3. The van der Waals surface area contributed by atoms with Gasteiger partial charge in [0.25, 0.3) is 0 Å². The molecule has 0 saturated heterocycles. The Labute approximate surface area is 75.9 Å². The van der Waals surface area contributed by atoms with Crippen molar-refractivity contribution in [2.24, 2.45) is 0 Å². The van der Waals surface area contributed by atoms with E-state index in [0.29, 0.717) is 6.42 Å². The molecule has 0 aliphatic carbocycles. The zero-order valence-corrected chi connectivity index (χ0v) is 8.81. The lowest BCUT2D eigenvalue weighted by molar-refractivity contribution is 0.140. The first-order valence-electron chi connectivity index (χ1n) is 4.93. The maximum atomic E-state index is 13.5. The minimum Gasteiger partial charge on any atom is -0.304 e. The second-order valence-corrected chi connectivity index (χ2v) is 3.62. The molecule has 0 bridgehead atoms. The van der Waals surface area contributed by atoms with Gasteiger partial charge >= 0.3 is 0 Å². The van der Waals surface area contributed by atoms with E-state index in [4.69, 9.17) is 0 Å². The summed E-state index contributed by atoms with van der Waals surface area (Å²) in [6.07, 6.45) is 3.02. The molecule has 0 spiro atoms. The molecule has 0 aromatic heterocycles. The van der Waals surface area contributed by atoms with Crippen molar-refractivity contribution >= 4 is 0 Å². The van der Waals surface area contributed by atoms with Gasteiger partial charge in [-0.2, -0.15) is 0 Å². The van der Waals surface area contributed by atoms with Crippen LogP contribution in [0.1, 0.15) is 39.5 Å². The molecule has 0 radical (unpaired) electrons. The Balaban J connectivity index is 3.90. The van der Waals surface area contributed by atoms with E-state index in [9.17, 15) is 4.39 Å². The van der Waals surface area contributed by atoms with Gasteiger partial charge in [0.05, 0.1) is 0 Å². The van der Waals surface area contributed by atoms with Crippen molar-refractivity contribution in [1.82, 2.24) is 4.90 Å². The summed E-state index contributed by atoms with van der Waals surface area (Å²) in [5.41, 5.74) is 0. The quantitative estimate of drug-likeness (QED) is 0.600. The fourth-order valence-electron chi connectivity index (χ4n) is 1.53. The molecule has 0 fully saturated rings. The number of hydrogen-bond donors (Lipinski definition) is 0. The van der Waals surface area contributed by atoms with Gasteiger partial charge in [0, 0.05) is 6.04 Å². The lowest BCUT2D eigenvalue weighted by atomic mass is 10.0. The van der Waals surface area contributed by atoms with Crippen LogP contribution in [0.4, 0.5) is 4.39 Å². The second-order valence-electron chi connectivity index (χ2n) is 3.62. The fourth-order valence-corrected chi connectivity index (χ4v) is 1.53. The predicted molar refractivity (Wildman–Crippen MR) is 52.2 cm³/mol.